The van der Waals surface area contributed by atoms with E-state index in [0.717, 1.165) is 64.1 Å². The van der Waals surface area contributed by atoms with Gasteiger partial charge in [-0.3, -0.25) is 9.59 Å². The van der Waals surface area contributed by atoms with E-state index in [2.05, 4.69) is 25.5 Å². The summed E-state index contributed by atoms with van der Waals surface area (Å²) in [5.74, 6) is -6.20. The minimum atomic E-state index is -4.92. The third-order valence-electron chi connectivity index (χ3n) is 10.1. The van der Waals surface area contributed by atoms with Gasteiger partial charge in [-0.15, -0.1) is 0 Å². The van der Waals surface area contributed by atoms with Gasteiger partial charge in [-0.2, -0.15) is 36.5 Å². The van der Waals surface area contributed by atoms with Crippen LogP contribution in [-0.2, 0) is 40.3 Å². The molecule has 0 aliphatic heterocycles. The van der Waals surface area contributed by atoms with Crippen LogP contribution >= 0.6 is 23.2 Å². The molecule has 2 unspecified atom stereocenters. The highest BCUT2D eigenvalue weighted by atomic mass is 35.5. The van der Waals surface area contributed by atoms with E-state index in [0.29, 0.717) is 6.20 Å². The molecule has 60 heavy (non-hydrogen) atoms. The van der Waals surface area contributed by atoms with Crippen LogP contribution in [0.3, 0.4) is 0 Å². The van der Waals surface area contributed by atoms with Gasteiger partial charge in [0.05, 0.1) is 28.3 Å². The third kappa shape index (κ3) is 8.17. The van der Waals surface area contributed by atoms with Crippen LogP contribution in [0.4, 0.5) is 35.1 Å². The molecule has 2 amide bonds. The summed E-state index contributed by atoms with van der Waals surface area (Å²) in [5, 5.41) is 11.4. The standard InChI is InChI=1S/C40H32Cl2F8N8O2/c1-19-32(21(3)57(55-19)31-12-9-25(18-53-31)39(45,46)47)34(36(59)54-17-24-8-11-27(44)15-30(24)42)38(37(51)60,16-23-7-10-26(43)14-29(23)41)33-20(2)56-58(22(33)4)35-28(40(48,49)50)6-5-13-52-35/h5-15,18,34H,16-17H2,1-4H3,(H2,51,60)(H,54,59). The summed E-state index contributed by atoms with van der Waals surface area (Å²) in [4.78, 5) is 37.7. The number of carbonyl (C=O) groups is 2. The average molecular weight is 880 g/mol. The molecule has 0 aliphatic carbocycles. The quantitative estimate of drug-likeness (QED) is 0.125. The number of hydrogen-bond donors (Lipinski definition) is 2. The van der Waals surface area contributed by atoms with E-state index in [-0.39, 0.29) is 67.4 Å². The number of nitrogens with two attached hydrogens (primary N) is 1. The van der Waals surface area contributed by atoms with Crippen molar-refractivity contribution in [2.24, 2.45) is 5.73 Å². The van der Waals surface area contributed by atoms with Gasteiger partial charge >= 0.3 is 12.4 Å². The molecule has 0 saturated heterocycles. The Balaban J connectivity index is 1.68. The van der Waals surface area contributed by atoms with Crippen molar-refractivity contribution in [3.63, 3.8) is 0 Å². The van der Waals surface area contributed by atoms with E-state index in [9.17, 15) is 39.9 Å². The molecule has 0 bridgehead atoms. The fourth-order valence-electron chi connectivity index (χ4n) is 7.46. The first-order valence-corrected chi connectivity index (χ1v) is 18.5. The van der Waals surface area contributed by atoms with E-state index in [1.807, 2.05) is 0 Å². The number of nitrogens with one attached hydrogen (secondary N) is 1. The van der Waals surface area contributed by atoms with Gasteiger partial charge in [-0.25, -0.2) is 28.1 Å². The van der Waals surface area contributed by atoms with Crippen LogP contribution < -0.4 is 11.1 Å². The minimum Gasteiger partial charge on any atom is -0.369 e. The lowest BCUT2D eigenvalue weighted by atomic mass is 9.62. The average Bonchev–Trinajstić information content (AvgIpc) is 3.63. The van der Waals surface area contributed by atoms with E-state index in [1.165, 1.54) is 39.8 Å². The third-order valence-corrected chi connectivity index (χ3v) is 10.8. The normalized spacial score (nSPS) is 13.6. The molecule has 0 fully saturated rings. The minimum absolute atomic E-state index is 0.00296. The zero-order valence-corrected chi connectivity index (χ0v) is 33.3. The van der Waals surface area contributed by atoms with E-state index < -0.39 is 70.5 Å². The summed E-state index contributed by atoms with van der Waals surface area (Å²) >= 11 is 12.9. The van der Waals surface area contributed by atoms with Crippen LogP contribution in [0.5, 0.6) is 0 Å². The fraction of sp³-hybridized carbons (Fsp3) is 0.250. The molecule has 0 saturated carbocycles. The summed E-state index contributed by atoms with van der Waals surface area (Å²) in [7, 11) is 0. The zero-order chi connectivity index (χ0) is 44.1. The van der Waals surface area contributed by atoms with Crippen molar-refractivity contribution in [3.8, 4) is 11.6 Å². The topological polar surface area (TPSA) is 134 Å². The Hall–Kier alpha value is -5.88. The summed E-state index contributed by atoms with van der Waals surface area (Å²) in [5.41, 5.74) is 1.93. The molecule has 0 aliphatic rings. The number of halogens is 10. The summed E-state index contributed by atoms with van der Waals surface area (Å²) in [6.07, 6.45) is -8.55. The van der Waals surface area contributed by atoms with E-state index in [4.69, 9.17) is 28.9 Å². The number of aryl methyl sites for hydroxylation is 2. The summed E-state index contributed by atoms with van der Waals surface area (Å²) < 4.78 is 114. The van der Waals surface area contributed by atoms with Crippen molar-refractivity contribution in [2.45, 2.75) is 64.3 Å². The molecule has 4 aromatic heterocycles. The van der Waals surface area contributed by atoms with Crippen LogP contribution in [-0.4, -0.2) is 41.3 Å². The highest BCUT2D eigenvalue weighted by Crippen LogP contribution is 2.48. The fourth-order valence-corrected chi connectivity index (χ4v) is 7.93. The SMILES string of the molecule is Cc1nn(-c2ccc(C(F)(F)F)cn2)c(C)c1C(C(=O)NCc1ccc(F)cc1Cl)C(Cc1ccc(F)cc1Cl)(C(N)=O)c1c(C)nn(-c2ncccc2C(F)(F)F)c1C. The van der Waals surface area contributed by atoms with E-state index in [1.54, 1.807) is 0 Å². The Labute approximate surface area is 346 Å². The number of primary amides is 1. The maximum Gasteiger partial charge on any atom is 0.420 e. The Kier molecular flexibility index (Phi) is 11.9. The molecule has 2 atom stereocenters. The van der Waals surface area contributed by atoms with Crippen molar-refractivity contribution >= 4 is 35.0 Å². The lowest BCUT2D eigenvalue weighted by Gasteiger charge is -2.39. The number of alkyl halides is 6. The van der Waals surface area contributed by atoms with Crippen LogP contribution in [0.15, 0.2) is 73.1 Å². The highest BCUT2D eigenvalue weighted by molar-refractivity contribution is 6.31. The van der Waals surface area contributed by atoms with Crippen LogP contribution in [0.1, 0.15) is 62.1 Å². The smallest absolute Gasteiger partial charge is 0.369 e. The molecule has 20 heteroatoms. The molecule has 0 radical (unpaired) electrons. The summed E-state index contributed by atoms with van der Waals surface area (Å²) in [6, 6.07) is 10.3. The molecule has 6 rings (SSSR count). The number of carbonyl (C=O) groups excluding carboxylic acids is 2. The molecule has 0 spiro atoms. The van der Waals surface area contributed by atoms with E-state index >= 15 is 4.79 Å². The van der Waals surface area contributed by atoms with Gasteiger partial charge in [-0.1, -0.05) is 35.3 Å². The number of nitrogens with zero attached hydrogens (tertiary/aromatic N) is 6. The van der Waals surface area contributed by atoms with Gasteiger partial charge in [0.1, 0.15) is 17.2 Å². The molecule has 4 heterocycles. The first-order chi connectivity index (χ1) is 28.1. The van der Waals surface area contributed by atoms with Crippen molar-refractivity contribution in [1.82, 2.24) is 34.8 Å². The molecule has 6 aromatic rings. The van der Waals surface area contributed by atoms with Gasteiger partial charge < -0.3 is 11.1 Å². The van der Waals surface area contributed by atoms with Gasteiger partial charge in [0, 0.05) is 51.5 Å². The number of amides is 2. The van der Waals surface area contributed by atoms with Crippen molar-refractivity contribution in [2.75, 3.05) is 0 Å². The van der Waals surface area contributed by atoms with Gasteiger partial charge in [-0.05, 0) is 93.8 Å². The van der Waals surface area contributed by atoms with Crippen molar-refractivity contribution in [1.29, 1.82) is 0 Å². The molecular weight excluding hydrogens is 847 g/mol. The largest absolute Gasteiger partial charge is 0.420 e. The van der Waals surface area contributed by atoms with Crippen LogP contribution in [0.2, 0.25) is 10.0 Å². The number of rotatable bonds is 11. The lowest BCUT2D eigenvalue weighted by molar-refractivity contribution is -0.138. The maximum absolute atomic E-state index is 15.1. The first-order valence-electron chi connectivity index (χ1n) is 17.7. The predicted octanol–water partition coefficient (Wildman–Crippen LogP) is 8.77. The second-order valence-corrected chi connectivity index (χ2v) is 14.7. The van der Waals surface area contributed by atoms with Gasteiger partial charge in [0.15, 0.2) is 11.6 Å². The van der Waals surface area contributed by atoms with Gasteiger partial charge in [0.25, 0.3) is 0 Å². The lowest BCUT2D eigenvalue weighted by Crippen LogP contribution is -2.53. The molecule has 2 aromatic carbocycles. The predicted molar refractivity (Wildman–Crippen MR) is 204 cm³/mol. The van der Waals surface area contributed by atoms with Crippen molar-refractivity contribution < 1.29 is 44.7 Å². The second kappa shape index (κ2) is 16.3. The number of aromatic nitrogens is 6. The zero-order valence-electron chi connectivity index (χ0n) is 31.8. The molecule has 10 nitrogen and oxygen atoms in total. The first kappa shape index (κ1) is 43.7. The number of pyridine rings is 2. The summed E-state index contributed by atoms with van der Waals surface area (Å²) in [6.45, 7) is 5.27. The Morgan fingerprint density at radius 1 is 0.783 bits per heavy atom. The molecule has 3 N–H and O–H groups in total. The highest BCUT2D eigenvalue weighted by Gasteiger charge is 2.55. The second-order valence-electron chi connectivity index (χ2n) is 13.9. The Morgan fingerprint density at radius 2 is 1.40 bits per heavy atom. The Morgan fingerprint density at radius 3 is 1.95 bits per heavy atom. The van der Waals surface area contributed by atoms with Crippen LogP contribution in [0.25, 0.3) is 11.6 Å². The van der Waals surface area contributed by atoms with Crippen LogP contribution in [0, 0.1) is 39.3 Å². The molecular formula is C40H32Cl2F8N8O2. The van der Waals surface area contributed by atoms with Gasteiger partial charge in [0.2, 0.25) is 11.8 Å². The number of benzene rings is 2. The number of hydrogen-bond acceptors (Lipinski definition) is 6. The molecule has 314 valence electrons. The van der Waals surface area contributed by atoms with Crippen molar-refractivity contribution in [3.05, 3.63) is 151 Å². The Bertz CT molecular complexity index is 2630. The monoisotopic (exact) mass is 878 g/mol. The maximum atomic E-state index is 15.1.